The summed E-state index contributed by atoms with van der Waals surface area (Å²) in [5.41, 5.74) is 2.42. The van der Waals surface area contributed by atoms with Gasteiger partial charge in [0, 0.05) is 13.2 Å². The van der Waals surface area contributed by atoms with Crippen LogP contribution in [0.4, 0.5) is 13.2 Å². The number of ether oxygens (including phenoxy) is 5. The van der Waals surface area contributed by atoms with E-state index in [0.717, 1.165) is 26.8 Å². The van der Waals surface area contributed by atoms with Gasteiger partial charge in [-0.3, -0.25) is 0 Å². The van der Waals surface area contributed by atoms with Gasteiger partial charge >= 0.3 is 239 Å². The first-order chi connectivity index (χ1) is 22.2. The molecule has 4 aromatic carbocycles. The summed E-state index contributed by atoms with van der Waals surface area (Å²) in [7, 11) is 0. The van der Waals surface area contributed by atoms with Crippen LogP contribution in [0.2, 0.25) is 0 Å². The van der Waals surface area contributed by atoms with E-state index < -0.39 is 29.8 Å². The van der Waals surface area contributed by atoms with E-state index in [-0.39, 0.29) is 13.6 Å². The van der Waals surface area contributed by atoms with E-state index in [1.165, 1.54) is 11.3 Å². The van der Waals surface area contributed by atoms with Crippen LogP contribution in [0.3, 0.4) is 0 Å². The minimum atomic E-state index is -4.93. The van der Waals surface area contributed by atoms with E-state index in [1.54, 1.807) is 72.8 Å². The standard InChI is InChI=1S/C35H32F3IO6S/c1-4-41-21-43-27-14-16-28(17-15-27)45-33-32(30-19-18-29(20-31(30)46-33)44-22-42-5-2)24-8-12-26(13-9-24)39(34(40)35(36,37)38)25-10-6-23(3)7-11-25/h6-20H,4-5,21-22H2,1-3H3. The van der Waals surface area contributed by atoms with E-state index >= 15 is 0 Å². The Morgan fingerprint density at radius 1 is 0.739 bits per heavy atom. The summed E-state index contributed by atoms with van der Waals surface area (Å²) in [6.07, 6.45) is -4.93. The first-order valence-corrected chi connectivity index (χ1v) is 18.5. The number of carbonyl (C=O) groups excluding carboxylic acids is 1. The normalized spacial score (nSPS) is 11.8. The Morgan fingerprint density at radius 2 is 1.28 bits per heavy atom. The van der Waals surface area contributed by atoms with Crippen LogP contribution in [0.5, 0.6) is 22.3 Å². The van der Waals surface area contributed by atoms with Gasteiger partial charge in [-0.05, 0) is 13.8 Å². The number of aryl methyl sites for hydroxylation is 1. The Balaban J connectivity index is 1.52. The zero-order valence-corrected chi connectivity index (χ0v) is 28.3. The van der Waals surface area contributed by atoms with E-state index in [9.17, 15) is 18.0 Å². The van der Waals surface area contributed by atoms with Crippen LogP contribution in [0.25, 0.3) is 21.2 Å². The van der Waals surface area contributed by atoms with Gasteiger partial charge in [-0.2, -0.15) is 0 Å². The fourth-order valence-corrected chi connectivity index (χ4v) is 10.2. The first-order valence-electron chi connectivity index (χ1n) is 14.4. The Bertz CT molecular complexity index is 1750. The monoisotopic (exact) mass is 764 g/mol. The zero-order chi connectivity index (χ0) is 32.7. The second-order valence-corrected chi connectivity index (χ2v) is 16.0. The summed E-state index contributed by atoms with van der Waals surface area (Å²) >= 11 is -2.10. The number of halogens is 4. The molecule has 0 aliphatic carbocycles. The van der Waals surface area contributed by atoms with Crippen LogP contribution in [-0.4, -0.2) is 36.8 Å². The number of alkyl halides is 3. The second kappa shape index (κ2) is 15.3. The summed E-state index contributed by atoms with van der Waals surface area (Å²) < 4.78 is 69.6. The summed E-state index contributed by atoms with van der Waals surface area (Å²) in [6, 6.07) is 26.3. The molecule has 0 bridgehead atoms. The molecule has 0 fully saturated rings. The number of fused-ring (bicyclic) bond motifs is 1. The van der Waals surface area contributed by atoms with Gasteiger partial charge in [0.2, 0.25) is 0 Å². The molecule has 0 unspecified atom stereocenters. The fraction of sp³-hybridized carbons (Fsp3) is 0.229. The van der Waals surface area contributed by atoms with Gasteiger partial charge in [0.1, 0.15) is 0 Å². The van der Waals surface area contributed by atoms with Crippen molar-refractivity contribution in [2.45, 2.75) is 26.9 Å². The molecule has 0 aliphatic rings. The van der Waals surface area contributed by atoms with Gasteiger partial charge < -0.3 is 4.74 Å². The van der Waals surface area contributed by atoms with Gasteiger partial charge in [0.25, 0.3) is 0 Å². The van der Waals surface area contributed by atoms with E-state index in [4.69, 9.17) is 23.7 Å². The van der Waals surface area contributed by atoms with Gasteiger partial charge in [-0.1, -0.05) is 0 Å². The summed E-state index contributed by atoms with van der Waals surface area (Å²) in [5, 5.41) is 1.47. The fourth-order valence-electron chi connectivity index (χ4n) is 4.42. The molecular formula is C35H32F3IO6S. The molecule has 0 saturated carbocycles. The van der Waals surface area contributed by atoms with Crippen LogP contribution >= 0.6 is 31.2 Å². The third-order valence-corrected chi connectivity index (χ3v) is 13.2. The molecule has 0 spiro atoms. The maximum atomic E-state index is 13.8. The van der Waals surface area contributed by atoms with Crippen molar-refractivity contribution >= 4 is 45.0 Å². The number of rotatable bonds is 14. The molecule has 242 valence electrons. The Hall–Kier alpha value is -3.65. The number of carbonyl (C=O) groups is 1. The molecule has 0 saturated heterocycles. The predicted octanol–water partition coefficient (Wildman–Crippen LogP) is 10.0. The minimum absolute atomic E-state index is 0.117. The number of hydrogen-bond donors (Lipinski definition) is 0. The molecule has 5 rings (SSSR count). The second-order valence-electron chi connectivity index (χ2n) is 9.86. The van der Waals surface area contributed by atoms with Gasteiger partial charge in [0.15, 0.2) is 6.79 Å². The molecule has 1 aromatic heterocycles. The summed E-state index contributed by atoms with van der Waals surface area (Å²) in [5.74, 6) is 1.83. The van der Waals surface area contributed by atoms with Gasteiger partial charge in [-0.15, -0.1) is 0 Å². The average Bonchev–Trinajstić information content (AvgIpc) is 3.40. The molecule has 0 radical (unpaired) electrons. The SMILES string of the molecule is CCOCOc1ccc(Oc2sc3cc(OCOCC)ccc3c2-c2ccc(I(C(=O)C(F)(F)F)c3ccc(C)cc3)cc2)cc1. The van der Waals surface area contributed by atoms with Crippen molar-refractivity contribution in [1.29, 1.82) is 0 Å². The van der Waals surface area contributed by atoms with Crippen LogP contribution in [0.1, 0.15) is 19.4 Å². The quantitative estimate of drug-likeness (QED) is 0.0486. The number of hydrogen-bond acceptors (Lipinski definition) is 7. The van der Waals surface area contributed by atoms with Crippen molar-refractivity contribution in [2.75, 3.05) is 26.8 Å². The molecule has 5 aromatic rings. The van der Waals surface area contributed by atoms with Gasteiger partial charge in [0.05, 0.1) is 0 Å². The van der Waals surface area contributed by atoms with E-state index in [0.29, 0.717) is 42.7 Å². The molecule has 0 aliphatic heterocycles. The molecule has 0 atom stereocenters. The number of benzene rings is 4. The molecule has 11 heteroatoms. The average molecular weight is 765 g/mol. The topological polar surface area (TPSA) is 63.2 Å². The van der Waals surface area contributed by atoms with E-state index in [2.05, 4.69) is 0 Å². The van der Waals surface area contributed by atoms with Crippen molar-refractivity contribution in [3.8, 4) is 33.4 Å². The van der Waals surface area contributed by atoms with Crippen molar-refractivity contribution in [3.63, 3.8) is 0 Å². The van der Waals surface area contributed by atoms with Crippen molar-refractivity contribution < 1.29 is 41.7 Å². The van der Waals surface area contributed by atoms with E-state index in [1.807, 2.05) is 39.0 Å². The van der Waals surface area contributed by atoms with Gasteiger partial charge in [-0.25, -0.2) is 0 Å². The van der Waals surface area contributed by atoms with Crippen LogP contribution < -0.4 is 14.2 Å². The zero-order valence-electron chi connectivity index (χ0n) is 25.4. The molecule has 6 nitrogen and oxygen atoms in total. The first kappa shape index (κ1) is 33.7. The molecule has 46 heavy (non-hydrogen) atoms. The van der Waals surface area contributed by atoms with Crippen LogP contribution in [0, 0.1) is 14.1 Å². The van der Waals surface area contributed by atoms with Crippen LogP contribution in [0.15, 0.2) is 91.0 Å². The third kappa shape index (κ3) is 8.19. The molecule has 0 N–H and O–H groups in total. The third-order valence-electron chi connectivity index (χ3n) is 6.66. The summed E-state index contributed by atoms with van der Waals surface area (Å²) in [6.45, 7) is 6.95. The van der Waals surface area contributed by atoms with Crippen molar-refractivity contribution in [2.24, 2.45) is 0 Å². The molecule has 0 amide bonds. The Morgan fingerprint density at radius 3 is 1.87 bits per heavy atom. The maximum absolute atomic E-state index is 13.8. The predicted molar refractivity (Wildman–Crippen MR) is 182 cm³/mol. The summed E-state index contributed by atoms with van der Waals surface area (Å²) in [4.78, 5) is 12.7. The van der Waals surface area contributed by atoms with Crippen molar-refractivity contribution in [3.05, 3.63) is 104 Å². The Labute approximate surface area is 276 Å². The van der Waals surface area contributed by atoms with Crippen molar-refractivity contribution in [1.82, 2.24) is 0 Å². The Kier molecular flexibility index (Phi) is 11.2. The molecule has 1 heterocycles. The molecular weight excluding hydrogens is 732 g/mol. The van der Waals surface area contributed by atoms with Crippen LogP contribution in [-0.2, 0) is 14.3 Å². The number of thiophene rings is 1.